The van der Waals surface area contributed by atoms with Gasteiger partial charge in [-0.1, -0.05) is 59.1 Å². The van der Waals surface area contributed by atoms with Crippen LogP contribution in [-0.2, 0) is 4.43 Å². The normalized spacial score (nSPS) is 15.4. The second-order valence-electron chi connectivity index (χ2n) is 6.41. The molecule has 0 saturated carbocycles. The molecule has 0 radical (unpaired) electrons. The van der Waals surface area contributed by atoms with Crippen LogP contribution < -0.4 is 0 Å². The van der Waals surface area contributed by atoms with Gasteiger partial charge in [0.05, 0.1) is 0 Å². The molecule has 0 saturated heterocycles. The van der Waals surface area contributed by atoms with Crippen molar-refractivity contribution in [1.29, 1.82) is 0 Å². The van der Waals surface area contributed by atoms with Gasteiger partial charge < -0.3 is 4.43 Å². The molecule has 0 rings (SSSR count). The Balaban J connectivity index is 4.33. The molecule has 0 aliphatic carbocycles. The maximum atomic E-state index is 6.32. The SMILES string of the molecule is CCCCCC(Cl)O[Si](C)(C)C(C)(C)C(C)C. The Labute approximate surface area is 114 Å². The first-order valence-electron chi connectivity index (χ1n) is 6.97. The van der Waals surface area contributed by atoms with Crippen molar-refractivity contribution < 1.29 is 4.43 Å². The lowest BCUT2D eigenvalue weighted by molar-refractivity contribution is 0.226. The van der Waals surface area contributed by atoms with E-state index in [2.05, 4.69) is 47.7 Å². The van der Waals surface area contributed by atoms with Crippen molar-refractivity contribution in [2.24, 2.45) is 5.92 Å². The van der Waals surface area contributed by atoms with Gasteiger partial charge in [-0.15, -0.1) is 0 Å². The van der Waals surface area contributed by atoms with Crippen LogP contribution in [0.4, 0.5) is 0 Å². The van der Waals surface area contributed by atoms with Gasteiger partial charge >= 0.3 is 0 Å². The van der Waals surface area contributed by atoms with Crippen LogP contribution in [0.3, 0.4) is 0 Å². The molecule has 0 heterocycles. The van der Waals surface area contributed by atoms with E-state index in [1.807, 2.05) is 0 Å². The first kappa shape index (κ1) is 17.5. The van der Waals surface area contributed by atoms with E-state index in [4.69, 9.17) is 16.0 Å². The predicted octanol–water partition coefficient (Wildman–Crippen LogP) is 5.79. The Hall–Kier alpha value is 0.467. The maximum absolute atomic E-state index is 6.32. The maximum Gasteiger partial charge on any atom is 0.194 e. The van der Waals surface area contributed by atoms with E-state index >= 15 is 0 Å². The van der Waals surface area contributed by atoms with Gasteiger partial charge in [0.1, 0.15) is 5.56 Å². The van der Waals surface area contributed by atoms with Gasteiger partial charge in [-0.3, -0.25) is 0 Å². The molecule has 0 aliphatic heterocycles. The molecule has 3 heteroatoms. The zero-order chi connectivity index (χ0) is 13.7. The van der Waals surface area contributed by atoms with Gasteiger partial charge in [0.25, 0.3) is 0 Å². The van der Waals surface area contributed by atoms with Crippen LogP contribution in [0.1, 0.15) is 60.3 Å². The van der Waals surface area contributed by atoms with Gasteiger partial charge in [0, 0.05) is 0 Å². The molecule has 0 aromatic heterocycles. The zero-order valence-corrected chi connectivity index (χ0v) is 14.5. The van der Waals surface area contributed by atoms with E-state index in [0.717, 1.165) is 6.42 Å². The van der Waals surface area contributed by atoms with Crippen molar-refractivity contribution in [1.82, 2.24) is 0 Å². The summed E-state index contributed by atoms with van der Waals surface area (Å²) in [5, 5.41) is 0.255. The van der Waals surface area contributed by atoms with Crippen LogP contribution in [0.25, 0.3) is 0 Å². The van der Waals surface area contributed by atoms with Crippen molar-refractivity contribution in [2.75, 3.05) is 0 Å². The zero-order valence-electron chi connectivity index (χ0n) is 12.8. The molecule has 17 heavy (non-hydrogen) atoms. The molecule has 1 nitrogen and oxygen atoms in total. The van der Waals surface area contributed by atoms with E-state index in [1.165, 1.54) is 19.3 Å². The molecule has 0 amide bonds. The molecular weight excluding hydrogens is 248 g/mol. The number of rotatable bonds is 8. The Bertz CT molecular complexity index is 214. The molecule has 0 spiro atoms. The fourth-order valence-electron chi connectivity index (χ4n) is 1.78. The predicted molar refractivity (Wildman–Crippen MR) is 81.2 cm³/mol. The van der Waals surface area contributed by atoms with E-state index < -0.39 is 8.32 Å². The first-order valence-corrected chi connectivity index (χ1v) is 10.3. The quantitative estimate of drug-likeness (QED) is 0.310. The molecule has 1 atom stereocenters. The third-order valence-electron chi connectivity index (χ3n) is 4.45. The summed E-state index contributed by atoms with van der Waals surface area (Å²) in [6.07, 6.45) is 4.65. The lowest BCUT2D eigenvalue weighted by Gasteiger charge is -2.43. The molecule has 0 aliphatic rings. The highest BCUT2D eigenvalue weighted by molar-refractivity contribution is 6.74. The minimum atomic E-state index is -1.75. The smallest absolute Gasteiger partial charge is 0.194 e. The Morgan fingerprint density at radius 1 is 1.18 bits per heavy atom. The molecule has 0 N–H and O–H groups in total. The monoisotopic (exact) mass is 278 g/mol. The van der Waals surface area contributed by atoms with Crippen LogP contribution in [0.2, 0.25) is 18.1 Å². The molecule has 0 aromatic carbocycles. The summed E-state index contributed by atoms with van der Waals surface area (Å²) < 4.78 is 6.21. The van der Waals surface area contributed by atoms with Crippen molar-refractivity contribution in [3.63, 3.8) is 0 Å². The lowest BCUT2D eigenvalue weighted by atomic mass is 9.99. The minimum absolute atomic E-state index is 0.0961. The van der Waals surface area contributed by atoms with E-state index in [-0.39, 0.29) is 10.6 Å². The Morgan fingerprint density at radius 2 is 1.71 bits per heavy atom. The minimum Gasteiger partial charge on any atom is -0.401 e. The third-order valence-corrected chi connectivity index (χ3v) is 9.46. The lowest BCUT2D eigenvalue weighted by Crippen LogP contribution is -2.46. The van der Waals surface area contributed by atoms with Crippen LogP contribution in [0.15, 0.2) is 0 Å². The van der Waals surface area contributed by atoms with Gasteiger partial charge in [-0.05, 0) is 36.9 Å². The van der Waals surface area contributed by atoms with E-state index in [1.54, 1.807) is 0 Å². The average Bonchev–Trinajstić information content (AvgIpc) is 2.16. The Morgan fingerprint density at radius 3 is 2.12 bits per heavy atom. The number of alkyl halides is 1. The summed E-state index contributed by atoms with van der Waals surface area (Å²) in [7, 11) is -1.75. The van der Waals surface area contributed by atoms with E-state index in [9.17, 15) is 0 Å². The van der Waals surface area contributed by atoms with Gasteiger partial charge in [0.2, 0.25) is 0 Å². The van der Waals surface area contributed by atoms with Crippen molar-refractivity contribution in [3.05, 3.63) is 0 Å². The van der Waals surface area contributed by atoms with Crippen molar-refractivity contribution >= 4 is 19.9 Å². The summed E-state index contributed by atoms with van der Waals surface area (Å²) in [4.78, 5) is 0. The molecular formula is C14H31ClOSi. The van der Waals surface area contributed by atoms with Crippen LogP contribution in [-0.4, -0.2) is 13.9 Å². The average molecular weight is 279 g/mol. The number of unbranched alkanes of at least 4 members (excludes halogenated alkanes) is 2. The topological polar surface area (TPSA) is 9.23 Å². The van der Waals surface area contributed by atoms with Crippen molar-refractivity contribution in [2.45, 2.75) is 84.0 Å². The second-order valence-corrected chi connectivity index (χ2v) is 11.4. The Kier molecular flexibility index (Phi) is 7.35. The highest BCUT2D eigenvalue weighted by Crippen LogP contribution is 2.45. The molecule has 0 bridgehead atoms. The largest absolute Gasteiger partial charge is 0.401 e. The van der Waals surface area contributed by atoms with Crippen LogP contribution in [0.5, 0.6) is 0 Å². The highest BCUT2D eigenvalue weighted by Gasteiger charge is 2.44. The number of halogens is 1. The molecule has 104 valence electrons. The summed E-state index contributed by atoms with van der Waals surface area (Å²) in [6.45, 7) is 16.0. The highest BCUT2D eigenvalue weighted by atomic mass is 35.5. The summed E-state index contributed by atoms with van der Waals surface area (Å²) in [6, 6.07) is 0. The van der Waals surface area contributed by atoms with Crippen LogP contribution in [0, 0.1) is 5.92 Å². The van der Waals surface area contributed by atoms with Gasteiger partial charge in [0.15, 0.2) is 8.32 Å². The first-order chi connectivity index (χ1) is 7.65. The summed E-state index contributed by atoms with van der Waals surface area (Å²) in [5.41, 5.74) is -0.0961. The van der Waals surface area contributed by atoms with Crippen molar-refractivity contribution in [3.8, 4) is 0 Å². The second kappa shape index (κ2) is 7.15. The molecule has 1 unspecified atom stereocenters. The summed E-state index contributed by atoms with van der Waals surface area (Å²) in [5.74, 6) is 0.628. The third kappa shape index (κ3) is 5.31. The molecule has 0 fully saturated rings. The fourth-order valence-corrected chi connectivity index (χ4v) is 5.05. The van der Waals surface area contributed by atoms with Crippen LogP contribution >= 0.6 is 11.6 Å². The van der Waals surface area contributed by atoms with Gasteiger partial charge in [-0.2, -0.15) is 0 Å². The standard InChI is InChI=1S/C14H31ClOSi/c1-8-9-10-11-13(15)16-17(6,7)14(4,5)12(2)3/h12-13H,8-11H2,1-7H3. The van der Waals surface area contributed by atoms with Gasteiger partial charge in [-0.25, -0.2) is 0 Å². The van der Waals surface area contributed by atoms with E-state index in [0.29, 0.717) is 5.92 Å². The summed E-state index contributed by atoms with van der Waals surface area (Å²) >= 11 is 6.32. The molecule has 0 aromatic rings. The number of hydrogen-bond acceptors (Lipinski definition) is 1. The fraction of sp³-hybridized carbons (Fsp3) is 1.00. The number of hydrogen-bond donors (Lipinski definition) is 0.